The molecule has 0 bridgehead atoms. The van der Waals surface area contributed by atoms with E-state index in [-0.39, 0.29) is 5.91 Å². The second-order valence-electron chi connectivity index (χ2n) is 6.61. The molecule has 0 saturated carbocycles. The lowest BCUT2D eigenvalue weighted by Gasteiger charge is -2.10. The monoisotopic (exact) mass is 383 g/mol. The van der Waals surface area contributed by atoms with Crippen molar-refractivity contribution in [2.75, 3.05) is 13.7 Å². The van der Waals surface area contributed by atoms with E-state index in [1.54, 1.807) is 23.9 Å². The predicted octanol–water partition coefficient (Wildman–Crippen LogP) is 4.59. The summed E-state index contributed by atoms with van der Waals surface area (Å²) < 4.78 is 6.88. The lowest BCUT2D eigenvalue weighted by molar-refractivity contribution is 0.0941. The number of halogens is 1. The fourth-order valence-electron chi connectivity index (χ4n) is 2.66. The van der Waals surface area contributed by atoms with Gasteiger partial charge in [-0.15, -0.1) is 0 Å². The van der Waals surface area contributed by atoms with Crippen LogP contribution in [0.4, 0.5) is 0 Å². The molecule has 0 aliphatic carbocycles. The molecule has 1 amide bonds. The minimum atomic E-state index is -0.190. The van der Waals surface area contributed by atoms with Gasteiger partial charge in [0.05, 0.1) is 23.5 Å². The van der Waals surface area contributed by atoms with Crippen LogP contribution in [0.25, 0.3) is 16.9 Å². The molecule has 5 nitrogen and oxygen atoms in total. The predicted molar refractivity (Wildman–Crippen MR) is 108 cm³/mol. The number of methoxy groups -OCH3 is 1. The molecule has 1 N–H and O–H groups in total. The Balaban J connectivity index is 2.08. The first-order chi connectivity index (χ1) is 13.0. The molecule has 0 spiro atoms. The van der Waals surface area contributed by atoms with Gasteiger partial charge >= 0.3 is 0 Å². The van der Waals surface area contributed by atoms with Crippen LogP contribution in [0.5, 0.6) is 5.75 Å². The molecule has 27 heavy (non-hydrogen) atoms. The highest BCUT2D eigenvalue weighted by molar-refractivity contribution is 6.32. The summed E-state index contributed by atoms with van der Waals surface area (Å²) in [7, 11) is 1.62. The quantitative estimate of drug-likeness (QED) is 0.677. The summed E-state index contributed by atoms with van der Waals surface area (Å²) in [5, 5.41) is 8.12. The number of ether oxygens (including phenoxy) is 1. The van der Waals surface area contributed by atoms with Crippen LogP contribution < -0.4 is 10.1 Å². The average molecular weight is 384 g/mol. The first-order valence-corrected chi connectivity index (χ1v) is 9.15. The van der Waals surface area contributed by atoms with Gasteiger partial charge in [0.2, 0.25) is 0 Å². The van der Waals surface area contributed by atoms with Crippen LogP contribution in [-0.2, 0) is 0 Å². The average Bonchev–Trinajstić information content (AvgIpc) is 3.11. The molecule has 0 aliphatic rings. The van der Waals surface area contributed by atoms with Gasteiger partial charge in [0, 0.05) is 12.1 Å². The van der Waals surface area contributed by atoms with E-state index < -0.39 is 0 Å². The lowest BCUT2D eigenvalue weighted by Crippen LogP contribution is -2.29. The topological polar surface area (TPSA) is 56.1 Å². The van der Waals surface area contributed by atoms with E-state index in [0.29, 0.717) is 34.6 Å². The van der Waals surface area contributed by atoms with E-state index in [1.807, 2.05) is 56.3 Å². The molecule has 3 aromatic rings. The normalized spacial score (nSPS) is 10.9. The zero-order chi connectivity index (χ0) is 19.4. The number of nitrogens with one attached hydrogen (secondary N) is 1. The Kier molecular flexibility index (Phi) is 5.81. The number of rotatable bonds is 6. The van der Waals surface area contributed by atoms with Crippen LogP contribution in [-0.4, -0.2) is 29.3 Å². The molecule has 0 fully saturated rings. The van der Waals surface area contributed by atoms with Crippen molar-refractivity contribution >= 4 is 17.5 Å². The highest BCUT2D eigenvalue weighted by Gasteiger charge is 2.19. The third-order valence-electron chi connectivity index (χ3n) is 4.06. The number of aromatic nitrogens is 2. The van der Waals surface area contributed by atoms with Crippen LogP contribution >= 0.6 is 11.6 Å². The highest BCUT2D eigenvalue weighted by Crippen LogP contribution is 2.27. The molecular weight excluding hydrogens is 362 g/mol. The maximum atomic E-state index is 12.8. The Bertz CT molecular complexity index is 950. The molecule has 2 aromatic carbocycles. The Hall–Kier alpha value is -2.79. The van der Waals surface area contributed by atoms with Gasteiger partial charge in [0.15, 0.2) is 0 Å². The molecule has 0 aliphatic heterocycles. The van der Waals surface area contributed by atoms with Gasteiger partial charge in [-0.05, 0) is 36.2 Å². The van der Waals surface area contributed by atoms with Crippen LogP contribution in [0, 0.1) is 5.92 Å². The smallest absolute Gasteiger partial charge is 0.270 e. The SMILES string of the molecule is COc1cccc(-c2cc(C(=O)NCC(C)C)n(-c3ccccc3Cl)n2)c1. The standard InChI is InChI=1S/C21H22ClN3O2/c1-14(2)13-23-21(26)20-12-18(15-7-6-8-16(11-15)27-3)24-25(20)19-10-5-4-9-17(19)22/h4-12,14H,13H2,1-3H3,(H,23,26). The number of benzene rings is 2. The number of hydrogen-bond donors (Lipinski definition) is 1. The fraction of sp³-hybridized carbons (Fsp3) is 0.238. The van der Waals surface area contributed by atoms with Gasteiger partial charge < -0.3 is 10.1 Å². The molecule has 140 valence electrons. The van der Waals surface area contributed by atoms with E-state index >= 15 is 0 Å². The Morgan fingerprint density at radius 1 is 1.19 bits per heavy atom. The van der Waals surface area contributed by atoms with Crippen molar-refractivity contribution in [3.05, 3.63) is 65.3 Å². The minimum Gasteiger partial charge on any atom is -0.497 e. The maximum Gasteiger partial charge on any atom is 0.270 e. The number of para-hydroxylation sites is 1. The third-order valence-corrected chi connectivity index (χ3v) is 4.38. The summed E-state index contributed by atoms with van der Waals surface area (Å²) in [5.41, 5.74) is 2.62. The molecule has 0 unspecified atom stereocenters. The first kappa shape index (κ1) is 19.0. The molecular formula is C21H22ClN3O2. The number of carbonyl (C=O) groups excluding carboxylic acids is 1. The zero-order valence-electron chi connectivity index (χ0n) is 15.6. The van der Waals surface area contributed by atoms with Crippen molar-refractivity contribution in [3.63, 3.8) is 0 Å². The minimum absolute atomic E-state index is 0.190. The Morgan fingerprint density at radius 2 is 1.96 bits per heavy atom. The van der Waals surface area contributed by atoms with E-state index in [2.05, 4.69) is 10.4 Å². The van der Waals surface area contributed by atoms with Crippen molar-refractivity contribution < 1.29 is 9.53 Å². The van der Waals surface area contributed by atoms with Crippen LogP contribution in [0.3, 0.4) is 0 Å². The number of amides is 1. The van der Waals surface area contributed by atoms with Gasteiger partial charge in [-0.3, -0.25) is 4.79 Å². The molecule has 0 atom stereocenters. The van der Waals surface area contributed by atoms with E-state index in [0.717, 1.165) is 11.3 Å². The van der Waals surface area contributed by atoms with Crippen molar-refractivity contribution in [2.24, 2.45) is 5.92 Å². The molecule has 1 heterocycles. The highest BCUT2D eigenvalue weighted by atomic mass is 35.5. The number of carbonyl (C=O) groups is 1. The van der Waals surface area contributed by atoms with Gasteiger partial charge in [-0.25, -0.2) is 4.68 Å². The van der Waals surface area contributed by atoms with Gasteiger partial charge in [0.25, 0.3) is 5.91 Å². The number of hydrogen-bond acceptors (Lipinski definition) is 3. The lowest BCUT2D eigenvalue weighted by atomic mass is 10.1. The van der Waals surface area contributed by atoms with Gasteiger partial charge in [0.1, 0.15) is 11.4 Å². The van der Waals surface area contributed by atoms with Crippen molar-refractivity contribution in [2.45, 2.75) is 13.8 Å². The second kappa shape index (κ2) is 8.27. The first-order valence-electron chi connectivity index (χ1n) is 8.77. The summed E-state index contributed by atoms with van der Waals surface area (Å²) in [6.07, 6.45) is 0. The molecule has 3 rings (SSSR count). The summed E-state index contributed by atoms with van der Waals surface area (Å²) >= 11 is 6.35. The molecule has 1 aromatic heterocycles. The van der Waals surface area contributed by atoms with Gasteiger partial charge in [-0.2, -0.15) is 5.10 Å². The Labute approximate surface area is 163 Å². The van der Waals surface area contributed by atoms with E-state index in [1.165, 1.54) is 0 Å². The van der Waals surface area contributed by atoms with Crippen molar-refractivity contribution in [1.29, 1.82) is 0 Å². The van der Waals surface area contributed by atoms with Crippen LogP contribution in [0.2, 0.25) is 5.02 Å². The fourth-order valence-corrected chi connectivity index (χ4v) is 2.88. The third kappa shape index (κ3) is 4.31. The summed E-state index contributed by atoms with van der Waals surface area (Å²) in [5.74, 6) is 0.888. The molecule has 0 saturated heterocycles. The van der Waals surface area contributed by atoms with Crippen LogP contribution in [0.1, 0.15) is 24.3 Å². The van der Waals surface area contributed by atoms with Crippen molar-refractivity contribution in [1.82, 2.24) is 15.1 Å². The van der Waals surface area contributed by atoms with E-state index in [9.17, 15) is 4.79 Å². The molecule has 0 radical (unpaired) electrons. The summed E-state index contributed by atoms with van der Waals surface area (Å²) in [4.78, 5) is 12.8. The Morgan fingerprint density at radius 3 is 2.67 bits per heavy atom. The number of nitrogens with zero attached hydrogens (tertiary/aromatic N) is 2. The zero-order valence-corrected chi connectivity index (χ0v) is 16.3. The van der Waals surface area contributed by atoms with Crippen molar-refractivity contribution in [3.8, 4) is 22.7 Å². The maximum absolute atomic E-state index is 12.8. The molecule has 6 heteroatoms. The van der Waals surface area contributed by atoms with Crippen LogP contribution in [0.15, 0.2) is 54.6 Å². The van der Waals surface area contributed by atoms with Gasteiger partial charge in [-0.1, -0.05) is 49.7 Å². The largest absolute Gasteiger partial charge is 0.497 e. The van der Waals surface area contributed by atoms with E-state index in [4.69, 9.17) is 16.3 Å². The summed E-state index contributed by atoms with van der Waals surface area (Å²) in [6.45, 7) is 4.68. The summed E-state index contributed by atoms with van der Waals surface area (Å²) in [6, 6.07) is 16.7. The second-order valence-corrected chi connectivity index (χ2v) is 7.02.